The van der Waals surface area contributed by atoms with Crippen LogP contribution in [0.5, 0.6) is 0 Å². The van der Waals surface area contributed by atoms with Crippen molar-refractivity contribution in [2.24, 2.45) is 0 Å². The zero-order valence-corrected chi connectivity index (χ0v) is 14.9. The summed E-state index contributed by atoms with van der Waals surface area (Å²) in [5, 5.41) is 5.39. The van der Waals surface area contributed by atoms with Crippen molar-refractivity contribution in [3.63, 3.8) is 0 Å². The summed E-state index contributed by atoms with van der Waals surface area (Å²) in [6.07, 6.45) is 0. The Bertz CT molecular complexity index is 891. The van der Waals surface area contributed by atoms with E-state index in [-0.39, 0.29) is 28.7 Å². The molecule has 2 aromatic rings. The number of carbonyl (C=O) groups excluding carboxylic acids is 2. The van der Waals surface area contributed by atoms with Gasteiger partial charge in [0.2, 0.25) is 5.91 Å². The fraction of sp³-hybridized carbons (Fsp3) is 0.222. The highest BCUT2D eigenvalue weighted by molar-refractivity contribution is 7.91. The Morgan fingerprint density at radius 2 is 1.76 bits per heavy atom. The van der Waals surface area contributed by atoms with E-state index in [1.54, 1.807) is 36.4 Å². The van der Waals surface area contributed by atoms with Crippen molar-refractivity contribution in [2.45, 2.75) is 25.3 Å². The number of hydrogen-bond donors (Lipinski definition) is 2. The summed E-state index contributed by atoms with van der Waals surface area (Å²) in [7, 11) is -3.49. The molecule has 2 aromatic carbocycles. The molecule has 2 amide bonds. The number of anilines is 1. The number of sulfone groups is 1. The molecule has 2 N–H and O–H groups in total. The van der Waals surface area contributed by atoms with Crippen molar-refractivity contribution in [2.75, 3.05) is 11.1 Å². The van der Waals surface area contributed by atoms with E-state index in [9.17, 15) is 18.0 Å². The number of amides is 2. The summed E-state index contributed by atoms with van der Waals surface area (Å²) < 4.78 is 24.3. The third-order valence-electron chi connectivity index (χ3n) is 3.55. The van der Waals surface area contributed by atoms with Crippen LogP contribution >= 0.6 is 0 Å². The second kappa shape index (κ2) is 7.94. The first-order valence-electron chi connectivity index (χ1n) is 7.80. The van der Waals surface area contributed by atoms with Crippen molar-refractivity contribution in [1.29, 1.82) is 0 Å². The van der Waals surface area contributed by atoms with Crippen LogP contribution in [0, 0.1) is 0 Å². The SMILES string of the molecule is CCS(=O)(=O)c1ccccc1C(=O)NCc1cccc(NC(C)=O)c1. The lowest BCUT2D eigenvalue weighted by atomic mass is 10.1. The molecule has 25 heavy (non-hydrogen) atoms. The molecule has 0 radical (unpaired) electrons. The molecule has 0 aliphatic carbocycles. The molecule has 0 unspecified atom stereocenters. The fourth-order valence-corrected chi connectivity index (χ4v) is 3.41. The smallest absolute Gasteiger partial charge is 0.252 e. The van der Waals surface area contributed by atoms with Crippen LogP contribution in [0.1, 0.15) is 29.8 Å². The Balaban J connectivity index is 2.15. The Morgan fingerprint density at radius 3 is 2.44 bits per heavy atom. The maximum atomic E-state index is 12.4. The van der Waals surface area contributed by atoms with Crippen LogP contribution in [0.2, 0.25) is 0 Å². The molecule has 0 atom stereocenters. The van der Waals surface area contributed by atoms with Gasteiger partial charge in [0.05, 0.1) is 16.2 Å². The first-order chi connectivity index (χ1) is 11.8. The van der Waals surface area contributed by atoms with Gasteiger partial charge in [-0.1, -0.05) is 31.2 Å². The zero-order chi connectivity index (χ0) is 18.4. The number of nitrogens with one attached hydrogen (secondary N) is 2. The van der Waals surface area contributed by atoms with Crippen LogP contribution in [0.15, 0.2) is 53.4 Å². The van der Waals surface area contributed by atoms with Crippen molar-refractivity contribution in [3.05, 3.63) is 59.7 Å². The van der Waals surface area contributed by atoms with Crippen molar-refractivity contribution < 1.29 is 18.0 Å². The van der Waals surface area contributed by atoms with E-state index in [1.807, 2.05) is 0 Å². The van der Waals surface area contributed by atoms with Gasteiger partial charge in [0.15, 0.2) is 9.84 Å². The van der Waals surface area contributed by atoms with E-state index in [0.29, 0.717) is 5.69 Å². The van der Waals surface area contributed by atoms with Gasteiger partial charge in [-0.3, -0.25) is 9.59 Å². The average molecular weight is 360 g/mol. The summed E-state index contributed by atoms with van der Waals surface area (Å²) >= 11 is 0. The second-order valence-corrected chi connectivity index (χ2v) is 7.71. The minimum atomic E-state index is -3.49. The first kappa shape index (κ1) is 18.7. The highest BCUT2D eigenvalue weighted by atomic mass is 32.2. The van der Waals surface area contributed by atoms with Gasteiger partial charge in [0.1, 0.15) is 0 Å². The normalized spacial score (nSPS) is 11.0. The van der Waals surface area contributed by atoms with Gasteiger partial charge in [-0.05, 0) is 29.8 Å². The lowest BCUT2D eigenvalue weighted by molar-refractivity contribution is -0.114. The van der Waals surface area contributed by atoms with E-state index in [2.05, 4.69) is 10.6 Å². The summed E-state index contributed by atoms with van der Waals surface area (Å²) in [6.45, 7) is 3.17. The topological polar surface area (TPSA) is 92.3 Å². The maximum Gasteiger partial charge on any atom is 0.252 e. The highest BCUT2D eigenvalue weighted by Gasteiger charge is 2.20. The van der Waals surface area contributed by atoms with Crippen LogP contribution in [0.3, 0.4) is 0 Å². The molecule has 2 rings (SSSR count). The molecule has 0 aliphatic rings. The predicted molar refractivity (Wildman–Crippen MR) is 96.1 cm³/mol. The molecular formula is C18H20N2O4S. The van der Waals surface area contributed by atoms with E-state index in [0.717, 1.165) is 5.56 Å². The predicted octanol–water partition coefficient (Wildman–Crippen LogP) is 2.37. The van der Waals surface area contributed by atoms with Gasteiger partial charge in [0, 0.05) is 19.2 Å². The number of carbonyl (C=O) groups is 2. The summed E-state index contributed by atoms with van der Waals surface area (Å²) in [5.74, 6) is -0.715. The summed E-state index contributed by atoms with van der Waals surface area (Å²) in [5.41, 5.74) is 1.55. The Kier molecular flexibility index (Phi) is 5.93. The van der Waals surface area contributed by atoms with E-state index < -0.39 is 15.7 Å². The molecule has 0 aliphatic heterocycles. The minimum absolute atomic E-state index is 0.0296. The zero-order valence-electron chi connectivity index (χ0n) is 14.1. The average Bonchev–Trinajstić information content (AvgIpc) is 2.59. The molecule has 0 saturated carbocycles. The van der Waals surface area contributed by atoms with Crippen molar-refractivity contribution in [3.8, 4) is 0 Å². The molecule has 0 spiro atoms. The van der Waals surface area contributed by atoms with Crippen LogP contribution < -0.4 is 10.6 Å². The molecule has 0 bridgehead atoms. The van der Waals surface area contributed by atoms with Crippen LogP contribution in [-0.4, -0.2) is 26.0 Å². The van der Waals surface area contributed by atoms with Crippen LogP contribution in [-0.2, 0) is 21.2 Å². The van der Waals surface area contributed by atoms with E-state index in [4.69, 9.17) is 0 Å². The summed E-state index contributed by atoms with van der Waals surface area (Å²) in [4.78, 5) is 23.5. The largest absolute Gasteiger partial charge is 0.348 e. The molecule has 0 heterocycles. The lowest BCUT2D eigenvalue weighted by Gasteiger charge is -2.11. The molecular weight excluding hydrogens is 340 g/mol. The Morgan fingerprint density at radius 1 is 1.04 bits per heavy atom. The lowest BCUT2D eigenvalue weighted by Crippen LogP contribution is -2.25. The standard InChI is InChI=1S/C18H20N2O4S/c1-3-25(23,24)17-10-5-4-9-16(17)18(22)19-12-14-7-6-8-15(11-14)20-13(2)21/h4-11H,3,12H2,1-2H3,(H,19,22)(H,20,21). The molecule has 6 nitrogen and oxygen atoms in total. The first-order valence-corrected chi connectivity index (χ1v) is 9.45. The summed E-state index contributed by atoms with van der Waals surface area (Å²) in [6, 6.07) is 13.2. The monoisotopic (exact) mass is 360 g/mol. The molecule has 7 heteroatoms. The Hall–Kier alpha value is -2.67. The van der Waals surface area contributed by atoms with Gasteiger partial charge in [-0.2, -0.15) is 0 Å². The van der Waals surface area contributed by atoms with Gasteiger partial charge in [-0.15, -0.1) is 0 Å². The maximum absolute atomic E-state index is 12.4. The second-order valence-electron chi connectivity index (χ2n) is 5.46. The number of benzene rings is 2. The Labute approximate surface area is 147 Å². The van der Waals surface area contributed by atoms with Crippen molar-refractivity contribution >= 4 is 27.3 Å². The van der Waals surface area contributed by atoms with Gasteiger partial charge < -0.3 is 10.6 Å². The van der Waals surface area contributed by atoms with Gasteiger partial charge in [0.25, 0.3) is 5.91 Å². The van der Waals surface area contributed by atoms with Crippen molar-refractivity contribution in [1.82, 2.24) is 5.32 Å². The molecule has 132 valence electrons. The highest BCUT2D eigenvalue weighted by Crippen LogP contribution is 2.17. The van der Waals surface area contributed by atoms with E-state index in [1.165, 1.54) is 26.0 Å². The number of rotatable bonds is 6. The molecule has 0 aromatic heterocycles. The third-order valence-corrected chi connectivity index (χ3v) is 5.33. The minimum Gasteiger partial charge on any atom is -0.348 e. The third kappa shape index (κ3) is 4.90. The van der Waals surface area contributed by atoms with Crippen LogP contribution in [0.4, 0.5) is 5.69 Å². The fourth-order valence-electron chi connectivity index (χ4n) is 2.32. The van der Waals surface area contributed by atoms with E-state index >= 15 is 0 Å². The molecule has 0 saturated heterocycles. The van der Waals surface area contributed by atoms with Gasteiger partial charge >= 0.3 is 0 Å². The molecule has 0 fully saturated rings. The number of hydrogen-bond acceptors (Lipinski definition) is 4. The van der Waals surface area contributed by atoms with Crippen LogP contribution in [0.25, 0.3) is 0 Å². The van der Waals surface area contributed by atoms with Gasteiger partial charge in [-0.25, -0.2) is 8.42 Å². The quantitative estimate of drug-likeness (QED) is 0.827.